The molecule has 0 aliphatic carbocycles. The third kappa shape index (κ3) is 3.07. The molecule has 2 heterocycles. The van der Waals surface area contributed by atoms with Gasteiger partial charge >= 0.3 is 0 Å². The molecule has 5 nitrogen and oxygen atoms in total. The van der Waals surface area contributed by atoms with Gasteiger partial charge in [0, 0.05) is 32.0 Å². The van der Waals surface area contributed by atoms with Crippen LogP contribution < -0.4 is 11.1 Å². The van der Waals surface area contributed by atoms with Crippen molar-refractivity contribution in [2.24, 2.45) is 11.1 Å². The van der Waals surface area contributed by atoms with E-state index in [4.69, 9.17) is 27.4 Å². The third-order valence-electron chi connectivity index (χ3n) is 4.26. The number of hydrogen-bond acceptors (Lipinski definition) is 4. The molecule has 0 bridgehead atoms. The van der Waals surface area contributed by atoms with Gasteiger partial charge in [0.15, 0.2) is 0 Å². The highest BCUT2D eigenvalue weighted by molar-refractivity contribution is 7.80. The van der Waals surface area contributed by atoms with Crippen LogP contribution in [0.5, 0.6) is 0 Å². The second-order valence-corrected chi connectivity index (χ2v) is 6.13. The van der Waals surface area contributed by atoms with Crippen LogP contribution in [0, 0.1) is 5.41 Å². The molecule has 2 aliphatic rings. The summed E-state index contributed by atoms with van der Waals surface area (Å²) in [4.78, 5) is 12.9. The van der Waals surface area contributed by atoms with E-state index in [1.165, 1.54) is 0 Å². The first kappa shape index (κ1) is 14.7. The first-order chi connectivity index (χ1) is 8.99. The lowest BCUT2D eigenvalue weighted by Crippen LogP contribution is -2.58. The van der Waals surface area contributed by atoms with Gasteiger partial charge in [-0.1, -0.05) is 12.2 Å². The average molecular weight is 286 g/mol. The zero-order valence-electron chi connectivity index (χ0n) is 11.4. The van der Waals surface area contributed by atoms with Crippen molar-refractivity contribution < 1.29 is 14.3 Å². The van der Waals surface area contributed by atoms with Crippen LogP contribution in [0.3, 0.4) is 0 Å². The van der Waals surface area contributed by atoms with Crippen LogP contribution in [0.25, 0.3) is 0 Å². The van der Waals surface area contributed by atoms with Crippen LogP contribution in [0.2, 0.25) is 0 Å². The van der Waals surface area contributed by atoms with Crippen LogP contribution >= 0.6 is 12.2 Å². The number of nitrogens with two attached hydrogens (primary N) is 1. The minimum Gasteiger partial charge on any atom is -0.392 e. The topological polar surface area (TPSA) is 73.6 Å². The number of hydrogen-bond donors (Lipinski definition) is 2. The minimum absolute atomic E-state index is 0.0484. The van der Waals surface area contributed by atoms with Crippen LogP contribution in [0.4, 0.5) is 0 Å². The van der Waals surface area contributed by atoms with E-state index in [1.54, 1.807) is 0 Å². The van der Waals surface area contributed by atoms with Crippen molar-refractivity contribution in [2.75, 3.05) is 26.4 Å². The highest BCUT2D eigenvalue weighted by Crippen LogP contribution is 2.33. The van der Waals surface area contributed by atoms with Crippen molar-refractivity contribution in [3.05, 3.63) is 0 Å². The van der Waals surface area contributed by atoms with Crippen molar-refractivity contribution in [1.29, 1.82) is 0 Å². The van der Waals surface area contributed by atoms with E-state index in [0.717, 1.165) is 12.8 Å². The summed E-state index contributed by atoms with van der Waals surface area (Å²) in [6.45, 7) is 4.48. The van der Waals surface area contributed by atoms with Gasteiger partial charge in [-0.25, -0.2) is 0 Å². The van der Waals surface area contributed by atoms with Gasteiger partial charge in [-0.15, -0.1) is 0 Å². The molecule has 1 amide bonds. The van der Waals surface area contributed by atoms with E-state index in [-0.39, 0.29) is 16.4 Å². The lowest BCUT2D eigenvalue weighted by Gasteiger charge is -2.40. The second kappa shape index (κ2) is 5.73. The third-order valence-corrected chi connectivity index (χ3v) is 4.66. The molecule has 2 fully saturated rings. The van der Waals surface area contributed by atoms with Gasteiger partial charge in [0.25, 0.3) is 0 Å². The summed E-state index contributed by atoms with van der Waals surface area (Å²) in [6.07, 6.45) is 2.78. The molecule has 2 aliphatic heterocycles. The molecule has 0 aromatic heterocycles. The first-order valence-corrected chi connectivity index (χ1v) is 7.17. The maximum Gasteiger partial charge on any atom is 0.233 e. The number of ether oxygens (including phenoxy) is 2. The van der Waals surface area contributed by atoms with Gasteiger partial charge < -0.3 is 20.5 Å². The highest BCUT2D eigenvalue weighted by atomic mass is 32.1. The standard InChI is InChI=1S/C13H22N2O3S/c1-12(2-6-17-7-3-12)15-11(16)13(10(14)19)4-8-18-9-5-13/h2-9H2,1H3,(H2,14,19)(H,15,16). The molecule has 6 heteroatoms. The van der Waals surface area contributed by atoms with Crippen LogP contribution in [-0.2, 0) is 14.3 Å². The summed E-state index contributed by atoms with van der Waals surface area (Å²) in [5.41, 5.74) is 4.88. The molecule has 0 atom stereocenters. The molecule has 108 valence electrons. The summed E-state index contributed by atoms with van der Waals surface area (Å²) in [5.74, 6) is -0.0484. The highest BCUT2D eigenvalue weighted by Gasteiger charge is 2.45. The van der Waals surface area contributed by atoms with Crippen LogP contribution in [0.15, 0.2) is 0 Å². The Balaban J connectivity index is 2.09. The van der Waals surface area contributed by atoms with Gasteiger partial charge in [0.05, 0.1) is 4.99 Å². The van der Waals surface area contributed by atoms with Crippen molar-refractivity contribution >= 4 is 23.1 Å². The van der Waals surface area contributed by atoms with Crippen molar-refractivity contribution in [3.8, 4) is 0 Å². The molecule has 0 saturated carbocycles. The van der Waals surface area contributed by atoms with Gasteiger partial charge in [-0.3, -0.25) is 4.79 Å². The summed E-state index contributed by atoms with van der Waals surface area (Å²) >= 11 is 5.14. The first-order valence-electron chi connectivity index (χ1n) is 6.77. The average Bonchev–Trinajstić information content (AvgIpc) is 2.39. The minimum atomic E-state index is -0.741. The molecule has 0 aromatic carbocycles. The Hall–Kier alpha value is -0.720. The molecule has 2 rings (SSSR count). The lowest BCUT2D eigenvalue weighted by molar-refractivity contribution is -0.134. The number of nitrogens with one attached hydrogen (secondary N) is 1. The van der Waals surface area contributed by atoms with Crippen molar-refractivity contribution in [2.45, 2.75) is 38.1 Å². The van der Waals surface area contributed by atoms with Gasteiger partial charge in [0.2, 0.25) is 5.91 Å². The zero-order valence-corrected chi connectivity index (χ0v) is 12.2. The van der Waals surface area contributed by atoms with E-state index in [2.05, 4.69) is 12.2 Å². The van der Waals surface area contributed by atoms with E-state index in [0.29, 0.717) is 39.3 Å². The molecule has 2 saturated heterocycles. The number of carbonyl (C=O) groups excluding carboxylic acids is 1. The summed E-state index contributed by atoms with van der Waals surface area (Å²) in [5, 5.41) is 3.15. The normalized spacial score (nSPS) is 25.5. The number of carbonyl (C=O) groups is 1. The predicted octanol–water partition coefficient (Wildman–Crippen LogP) is 0.755. The molecular weight excluding hydrogens is 264 g/mol. The largest absolute Gasteiger partial charge is 0.392 e. The molecule has 0 radical (unpaired) electrons. The molecule has 3 N–H and O–H groups in total. The Labute approximate surface area is 119 Å². The molecule has 0 aromatic rings. The molecule has 0 unspecified atom stereocenters. The van der Waals surface area contributed by atoms with Crippen LogP contribution in [-0.4, -0.2) is 42.9 Å². The van der Waals surface area contributed by atoms with E-state index >= 15 is 0 Å². The number of thiocarbonyl (C=S) groups is 1. The summed E-state index contributed by atoms with van der Waals surface area (Å²) in [6, 6.07) is 0. The maximum absolute atomic E-state index is 12.7. The predicted molar refractivity (Wildman–Crippen MR) is 75.9 cm³/mol. The van der Waals surface area contributed by atoms with Crippen molar-refractivity contribution in [1.82, 2.24) is 5.32 Å². The molecule has 0 spiro atoms. The lowest BCUT2D eigenvalue weighted by atomic mass is 9.78. The Morgan fingerprint density at radius 2 is 1.58 bits per heavy atom. The quantitative estimate of drug-likeness (QED) is 0.749. The fourth-order valence-electron chi connectivity index (χ4n) is 2.65. The SMILES string of the molecule is CC1(NC(=O)C2(C(N)=S)CCOCC2)CCOCC1. The zero-order chi connectivity index (χ0) is 13.9. The number of rotatable bonds is 3. The van der Waals surface area contributed by atoms with Gasteiger partial charge in [0.1, 0.15) is 5.41 Å². The number of amides is 1. The smallest absolute Gasteiger partial charge is 0.233 e. The van der Waals surface area contributed by atoms with Gasteiger partial charge in [-0.2, -0.15) is 0 Å². The Morgan fingerprint density at radius 3 is 2.05 bits per heavy atom. The Bertz CT molecular complexity index is 361. The van der Waals surface area contributed by atoms with Crippen molar-refractivity contribution in [3.63, 3.8) is 0 Å². The second-order valence-electron chi connectivity index (χ2n) is 5.69. The van der Waals surface area contributed by atoms with E-state index in [9.17, 15) is 4.79 Å². The Morgan fingerprint density at radius 1 is 1.11 bits per heavy atom. The summed E-state index contributed by atoms with van der Waals surface area (Å²) in [7, 11) is 0. The Kier molecular flexibility index (Phi) is 4.43. The molecule has 19 heavy (non-hydrogen) atoms. The molecular formula is C13H22N2O3S. The van der Waals surface area contributed by atoms with Crippen LogP contribution in [0.1, 0.15) is 32.6 Å². The fourth-order valence-corrected chi connectivity index (χ4v) is 2.94. The van der Waals surface area contributed by atoms with E-state index < -0.39 is 5.41 Å². The fraction of sp³-hybridized carbons (Fsp3) is 0.846. The van der Waals surface area contributed by atoms with E-state index in [1.807, 2.05) is 0 Å². The maximum atomic E-state index is 12.7. The monoisotopic (exact) mass is 286 g/mol. The summed E-state index contributed by atoms with van der Waals surface area (Å²) < 4.78 is 10.7. The van der Waals surface area contributed by atoms with Gasteiger partial charge in [-0.05, 0) is 32.6 Å².